The lowest BCUT2D eigenvalue weighted by molar-refractivity contribution is 0.757. The zero-order chi connectivity index (χ0) is 21.6. The fourth-order valence-corrected chi connectivity index (χ4v) is 7.07. The van der Waals surface area contributed by atoms with Crippen molar-refractivity contribution >= 4 is 45.9 Å². The van der Waals surface area contributed by atoms with E-state index in [0.29, 0.717) is 6.71 Å². The topological polar surface area (TPSA) is 6.48 Å². The molecule has 0 radical (unpaired) electrons. The predicted molar refractivity (Wildman–Crippen MR) is 138 cm³/mol. The lowest BCUT2D eigenvalue weighted by Gasteiger charge is -2.45. The van der Waals surface area contributed by atoms with Gasteiger partial charge in [0, 0.05) is 35.8 Å². The molecule has 0 unspecified atom stereocenters. The van der Waals surface area contributed by atoms with E-state index in [1.165, 1.54) is 78.0 Å². The minimum absolute atomic E-state index is 0.355. The van der Waals surface area contributed by atoms with E-state index in [0.717, 1.165) is 13.1 Å². The van der Waals surface area contributed by atoms with Crippen LogP contribution in [0.2, 0.25) is 0 Å². The molecule has 4 aliphatic heterocycles. The van der Waals surface area contributed by atoms with Crippen LogP contribution in [0.15, 0.2) is 36.4 Å². The van der Waals surface area contributed by atoms with Crippen molar-refractivity contribution in [2.24, 2.45) is 0 Å². The van der Waals surface area contributed by atoms with Crippen molar-refractivity contribution < 1.29 is 0 Å². The summed E-state index contributed by atoms with van der Waals surface area (Å²) in [5.41, 5.74) is 18.2. The molecule has 4 heterocycles. The fraction of sp³-hybridized carbons (Fsp3) is 0.379. The van der Waals surface area contributed by atoms with Gasteiger partial charge in [-0.25, -0.2) is 0 Å². The Balaban J connectivity index is 1.62. The zero-order valence-corrected chi connectivity index (χ0v) is 19.6. The molecule has 0 spiro atoms. The number of rotatable bonds is 0. The summed E-state index contributed by atoms with van der Waals surface area (Å²) < 4.78 is 0. The normalized spacial score (nSPS) is 17.9. The second-order valence-corrected chi connectivity index (χ2v) is 10.5. The summed E-state index contributed by atoms with van der Waals surface area (Å²) in [6.45, 7) is 9.55. The Morgan fingerprint density at radius 2 is 1.16 bits per heavy atom. The molecule has 0 saturated carbocycles. The van der Waals surface area contributed by atoms with E-state index in [1.54, 1.807) is 27.5 Å². The quantitative estimate of drug-likeness (QED) is 0.488. The van der Waals surface area contributed by atoms with Crippen LogP contribution < -0.4 is 26.2 Å². The molecule has 4 aliphatic rings. The first-order valence-corrected chi connectivity index (χ1v) is 12.6. The molecule has 32 heavy (non-hydrogen) atoms. The minimum atomic E-state index is 0.355. The minimum Gasteiger partial charge on any atom is -0.342 e. The van der Waals surface area contributed by atoms with Gasteiger partial charge >= 0.3 is 0 Å². The van der Waals surface area contributed by atoms with Crippen molar-refractivity contribution in [1.82, 2.24) is 0 Å². The summed E-state index contributed by atoms with van der Waals surface area (Å²) in [4.78, 5) is 5.40. The lowest BCUT2D eigenvalue weighted by atomic mass is 9.33. The lowest BCUT2D eigenvalue weighted by Crippen LogP contribution is -2.62. The SMILES string of the molecule is Cc1cc2c3c(c1)N1CCCCc4c(C)ccc(c41)B3c1ccc(C)c3c1N2CCCC3. The van der Waals surface area contributed by atoms with Gasteiger partial charge in [0.05, 0.1) is 0 Å². The first-order valence-electron chi connectivity index (χ1n) is 12.6. The van der Waals surface area contributed by atoms with Crippen LogP contribution in [0.3, 0.4) is 0 Å². The molecule has 3 aromatic carbocycles. The molecule has 0 saturated heterocycles. The van der Waals surface area contributed by atoms with Crippen molar-refractivity contribution in [2.45, 2.75) is 59.3 Å². The van der Waals surface area contributed by atoms with Crippen LogP contribution in [0, 0.1) is 20.8 Å². The highest BCUT2D eigenvalue weighted by Gasteiger charge is 2.44. The predicted octanol–water partition coefficient (Wildman–Crippen LogP) is 4.70. The number of hydrogen-bond donors (Lipinski definition) is 0. The van der Waals surface area contributed by atoms with Crippen LogP contribution in [0.5, 0.6) is 0 Å². The van der Waals surface area contributed by atoms with Crippen molar-refractivity contribution in [3.05, 3.63) is 64.2 Å². The van der Waals surface area contributed by atoms with Crippen LogP contribution in [-0.4, -0.2) is 19.8 Å². The summed E-state index contributed by atoms with van der Waals surface area (Å²) in [5, 5.41) is 0. The standard InChI is InChI=1S/C29H31BN2/c1-18-16-25-27-26(17-18)32-15-7-5-9-22-20(3)11-13-24(29(22)32)30(27)23-12-10-19(2)21-8-4-6-14-31(25)28(21)23/h10-13,16-17H,4-9,14-15H2,1-3H3. The van der Waals surface area contributed by atoms with Crippen LogP contribution in [-0.2, 0) is 12.8 Å². The summed E-state index contributed by atoms with van der Waals surface area (Å²) in [5.74, 6) is 0. The Hall–Kier alpha value is -2.68. The van der Waals surface area contributed by atoms with Gasteiger partial charge < -0.3 is 9.80 Å². The highest BCUT2D eigenvalue weighted by Crippen LogP contribution is 2.43. The maximum Gasteiger partial charge on any atom is 0.252 e. The monoisotopic (exact) mass is 418 g/mol. The molecular formula is C29H31BN2. The average Bonchev–Trinajstić information content (AvgIpc) is 3.15. The van der Waals surface area contributed by atoms with Gasteiger partial charge in [0.1, 0.15) is 0 Å². The largest absolute Gasteiger partial charge is 0.342 e. The molecule has 0 bridgehead atoms. The fourth-order valence-electron chi connectivity index (χ4n) is 7.07. The van der Waals surface area contributed by atoms with Crippen molar-refractivity contribution in [2.75, 3.05) is 22.9 Å². The van der Waals surface area contributed by atoms with Gasteiger partial charge in [0.2, 0.25) is 0 Å². The smallest absolute Gasteiger partial charge is 0.252 e. The first kappa shape index (κ1) is 18.9. The second-order valence-electron chi connectivity index (χ2n) is 10.5. The van der Waals surface area contributed by atoms with E-state index in [9.17, 15) is 0 Å². The van der Waals surface area contributed by atoms with Gasteiger partial charge in [-0.15, -0.1) is 0 Å². The van der Waals surface area contributed by atoms with E-state index >= 15 is 0 Å². The third-order valence-electron chi connectivity index (χ3n) is 8.53. The Morgan fingerprint density at radius 3 is 1.66 bits per heavy atom. The van der Waals surface area contributed by atoms with Crippen molar-refractivity contribution in [3.63, 3.8) is 0 Å². The summed E-state index contributed by atoms with van der Waals surface area (Å²) in [7, 11) is 0. The molecule has 0 amide bonds. The van der Waals surface area contributed by atoms with E-state index in [2.05, 4.69) is 67.0 Å². The van der Waals surface area contributed by atoms with Gasteiger partial charge in [-0.1, -0.05) is 24.3 Å². The van der Waals surface area contributed by atoms with Gasteiger partial charge in [0.25, 0.3) is 6.71 Å². The second kappa shape index (κ2) is 6.67. The highest BCUT2D eigenvalue weighted by atomic mass is 15.2. The number of nitrogens with zero attached hydrogens (tertiary/aromatic N) is 2. The van der Waals surface area contributed by atoms with Crippen LogP contribution in [0.25, 0.3) is 0 Å². The van der Waals surface area contributed by atoms with E-state index in [1.807, 2.05) is 0 Å². The van der Waals surface area contributed by atoms with Gasteiger partial charge in [-0.05, 0) is 116 Å². The van der Waals surface area contributed by atoms with Crippen molar-refractivity contribution in [1.29, 1.82) is 0 Å². The molecule has 7 rings (SSSR count). The van der Waals surface area contributed by atoms with Crippen LogP contribution in [0.4, 0.5) is 22.7 Å². The molecular weight excluding hydrogens is 387 g/mol. The number of aryl methyl sites for hydroxylation is 3. The molecule has 0 N–H and O–H groups in total. The van der Waals surface area contributed by atoms with E-state index in [4.69, 9.17) is 0 Å². The Bertz CT molecular complexity index is 1200. The first-order chi connectivity index (χ1) is 15.6. The summed E-state index contributed by atoms with van der Waals surface area (Å²) >= 11 is 0. The summed E-state index contributed by atoms with van der Waals surface area (Å²) in [6, 6.07) is 14.7. The molecule has 0 aromatic heterocycles. The number of benzene rings is 3. The summed E-state index contributed by atoms with van der Waals surface area (Å²) in [6.07, 6.45) is 7.54. The molecule has 2 nitrogen and oxygen atoms in total. The molecule has 0 atom stereocenters. The number of fused-ring (bicyclic) bond motifs is 4. The Labute approximate surface area is 192 Å². The molecule has 3 aromatic rings. The Kier molecular flexibility index (Phi) is 3.93. The molecule has 0 fully saturated rings. The van der Waals surface area contributed by atoms with Crippen LogP contribution >= 0.6 is 0 Å². The number of anilines is 4. The molecule has 160 valence electrons. The number of hydrogen-bond acceptors (Lipinski definition) is 2. The maximum absolute atomic E-state index is 2.70. The third kappa shape index (κ3) is 2.37. The zero-order valence-electron chi connectivity index (χ0n) is 19.6. The molecule has 0 aliphatic carbocycles. The van der Waals surface area contributed by atoms with Gasteiger partial charge in [0.15, 0.2) is 0 Å². The van der Waals surface area contributed by atoms with Crippen molar-refractivity contribution in [3.8, 4) is 0 Å². The van der Waals surface area contributed by atoms with Gasteiger partial charge in [-0.3, -0.25) is 0 Å². The van der Waals surface area contributed by atoms with Gasteiger partial charge in [-0.2, -0.15) is 0 Å². The molecule has 3 heteroatoms. The maximum atomic E-state index is 2.70. The Morgan fingerprint density at radius 1 is 0.656 bits per heavy atom. The van der Waals surface area contributed by atoms with E-state index in [-0.39, 0.29) is 0 Å². The third-order valence-corrected chi connectivity index (χ3v) is 8.53. The highest BCUT2D eigenvalue weighted by molar-refractivity contribution is 7.00. The average molecular weight is 418 g/mol. The van der Waals surface area contributed by atoms with Crippen LogP contribution in [0.1, 0.15) is 53.5 Å². The van der Waals surface area contributed by atoms with E-state index < -0.39 is 0 Å².